The van der Waals surface area contributed by atoms with Crippen LogP contribution in [0.15, 0.2) is 58.5 Å². The van der Waals surface area contributed by atoms with E-state index in [0.717, 1.165) is 30.6 Å². The number of anilines is 1. The molecular formula is C20H18FN7O2. The molecule has 5 heterocycles. The molecule has 6 rings (SSSR count). The number of hydrogen-bond acceptors (Lipinski definition) is 8. The van der Waals surface area contributed by atoms with Gasteiger partial charge in [0, 0.05) is 37.2 Å². The summed E-state index contributed by atoms with van der Waals surface area (Å²) in [6, 6.07) is 6.82. The molecule has 9 nitrogen and oxygen atoms in total. The number of piperidine rings is 1. The van der Waals surface area contributed by atoms with E-state index < -0.39 is 0 Å². The first-order valence-corrected chi connectivity index (χ1v) is 9.60. The molecule has 1 aliphatic heterocycles. The molecule has 4 aromatic heterocycles. The Balaban J connectivity index is 0.000000133. The Morgan fingerprint density at radius 1 is 1.13 bits per heavy atom. The molecule has 0 aromatic carbocycles. The van der Waals surface area contributed by atoms with Gasteiger partial charge in [-0.2, -0.15) is 14.5 Å². The van der Waals surface area contributed by atoms with E-state index in [9.17, 15) is 9.18 Å². The lowest BCUT2D eigenvalue weighted by Gasteiger charge is -2.19. The molecule has 30 heavy (non-hydrogen) atoms. The molecule has 0 radical (unpaired) electrons. The largest absolute Gasteiger partial charge is 0.371 e. The minimum Gasteiger partial charge on any atom is -0.371 e. The number of hydrogen-bond donors (Lipinski definition) is 0. The van der Waals surface area contributed by atoms with Crippen LogP contribution in [0.5, 0.6) is 0 Å². The van der Waals surface area contributed by atoms with Crippen LogP contribution in [0.1, 0.15) is 12.3 Å². The van der Waals surface area contributed by atoms with E-state index >= 15 is 0 Å². The predicted molar refractivity (Wildman–Crippen MR) is 105 cm³/mol. The average Bonchev–Trinajstić information content (AvgIpc) is 3.14. The molecule has 1 saturated carbocycles. The zero-order chi connectivity index (χ0) is 20.5. The van der Waals surface area contributed by atoms with E-state index in [4.69, 9.17) is 4.52 Å². The van der Waals surface area contributed by atoms with Crippen LogP contribution in [-0.4, -0.2) is 43.0 Å². The number of halogens is 1. The molecule has 4 aromatic rings. The smallest absolute Gasteiger partial charge is 0.276 e. The fourth-order valence-electron chi connectivity index (χ4n) is 3.72. The van der Waals surface area contributed by atoms with Crippen LogP contribution in [0.4, 0.5) is 10.1 Å². The molecule has 1 saturated heterocycles. The van der Waals surface area contributed by atoms with Gasteiger partial charge >= 0.3 is 0 Å². The Kier molecular flexibility index (Phi) is 4.66. The number of pyridine rings is 2. The van der Waals surface area contributed by atoms with Crippen molar-refractivity contribution in [3.8, 4) is 0 Å². The van der Waals surface area contributed by atoms with E-state index in [1.807, 2.05) is 6.07 Å². The van der Waals surface area contributed by atoms with Crippen LogP contribution in [0.25, 0.3) is 10.9 Å². The number of fused-ring (bicyclic) bond motifs is 2. The van der Waals surface area contributed by atoms with Gasteiger partial charge in [-0.3, -0.25) is 9.78 Å². The highest BCUT2D eigenvalue weighted by Gasteiger charge is 2.45. The summed E-state index contributed by atoms with van der Waals surface area (Å²) in [7, 11) is 0. The second-order valence-electron chi connectivity index (χ2n) is 7.38. The third-order valence-corrected chi connectivity index (χ3v) is 5.37. The molecule has 10 heteroatoms. The van der Waals surface area contributed by atoms with Crippen molar-refractivity contribution in [3.05, 3.63) is 71.4 Å². The minimum absolute atomic E-state index is 0.156. The van der Waals surface area contributed by atoms with Crippen LogP contribution in [0.3, 0.4) is 0 Å². The van der Waals surface area contributed by atoms with Gasteiger partial charge in [0.1, 0.15) is 6.54 Å². The van der Waals surface area contributed by atoms with Gasteiger partial charge in [-0.25, -0.2) is 9.67 Å². The lowest BCUT2D eigenvalue weighted by molar-refractivity contribution is 0.362. The Hall–Kier alpha value is -3.69. The molecular weight excluding hydrogens is 389 g/mol. The molecule has 0 N–H and O–H groups in total. The third kappa shape index (κ3) is 3.76. The topological polar surface area (TPSA) is 103 Å². The molecule has 0 spiro atoms. The Labute approximate surface area is 170 Å². The van der Waals surface area contributed by atoms with Gasteiger partial charge in [0.15, 0.2) is 6.33 Å². The summed E-state index contributed by atoms with van der Waals surface area (Å²) < 4.78 is 18.9. The maximum Gasteiger partial charge on any atom is 0.276 e. The Morgan fingerprint density at radius 2 is 2.00 bits per heavy atom. The SMILES string of the molecule is Fc1cc(N2C[C@H]3C[C@H]3C2)ccn1.O=c1c2cccnc2cnn1Cc1ncno1. The molecule has 152 valence electrons. The van der Waals surface area contributed by atoms with Gasteiger partial charge in [0.2, 0.25) is 11.8 Å². The third-order valence-electron chi connectivity index (χ3n) is 5.37. The monoisotopic (exact) mass is 407 g/mol. The van der Waals surface area contributed by atoms with E-state index in [2.05, 4.69) is 30.1 Å². The van der Waals surface area contributed by atoms with Crippen molar-refractivity contribution in [3.63, 3.8) is 0 Å². The zero-order valence-electron chi connectivity index (χ0n) is 15.9. The summed E-state index contributed by atoms with van der Waals surface area (Å²) in [5.74, 6) is 1.73. The van der Waals surface area contributed by atoms with E-state index in [1.165, 1.54) is 35.9 Å². The number of nitrogens with zero attached hydrogens (tertiary/aromatic N) is 7. The van der Waals surface area contributed by atoms with Gasteiger partial charge < -0.3 is 9.42 Å². The molecule has 2 atom stereocenters. The summed E-state index contributed by atoms with van der Waals surface area (Å²) in [6.07, 6.45) is 7.35. The van der Waals surface area contributed by atoms with Crippen molar-refractivity contribution in [2.24, 2.45) is 11.8 Å². The maximum absolute atomic E-state index is 12.8. The second kappa shape index (κ2) is 7.62. The normalized spacial score (nSPS) is 19.3. The molecule has 0 bridgehead atoms. The van der Waals surface area contributed by atoms with Crippen molar-refractivity contribution < 1.29 is 8.91 Å². The van der Waals surface area contributed by atoms with Crippen LogP contribution >= 0.6 is 0 Å². The Morgan fingerprint density at radius 3 is 2.77 bits per heavy atom. The highest BCUT2D eigenvalue weighted by atomic mass is 19.1. The average molecular weight is 407 g/mol. The summed E-state index contributed by atoms with van der Waals surface area (Å²) >= 11 is 0. The fraction of sp³-hybridized carbons (Fsp3) is 0.300. The highest BCUT2D eigenvalue weighted by Crippen LogP contribution is 2.46. The first kappa shape index (κ1) is 18.3. The molecule has 2 aliphatic rings. The van der Waals surface area contributed by atoms with Gasteiger partial charge in [-0.05, 0) is 36.5 Å². The van der Waals surface area contributed by atoms with E-state index in [-0.39, 0.29) is 18.1 Å². The van der Waals surface area contributed by atoms with Gasteiger partial charge in [-0.1, -0.05) is 5.16 Å². The first-order chi connectivity index (χ1) is 14.7. The minimum atomic E-state index is -0.377. The highest BCUT2D eigenvalue weighted by molar-refractivity contribution is 5.75. The van der Waals surface area contributed by atoms with E-state index in [1.54, 1.807) is 18.3 Å². The Bertz CT molecular complexity index is 1220. The van der Waals surface area contributed by atoms with Crippen molar-refractivity contribution in [2.75, 3.05) is 18.0 Å². The van der Waals surface area contributed by atoms with Crippen LogP contribution in [0, 0.1) is 17.8 Å². The standard InChI is InChI=1S/C10H11FN2.C10H7N5O2/c11-10-4-9(1-2-12-10)13-5-7-3-8(7)6-13;16-10-7-2-1-3-11-8(7)4-13-15(10)5-9-12-6-14-17-9/h1-2,4,7-8H,3,5-6H2;1-4,6H,5H2/t7-,8+;. The quantitative estimate of drug-likeness (QED) is 0.475. The van der Waals surface area contributed by atoms with Gasteiger partial charge in [-0.15, -0.1) is 0 Å². The molecule has 0 amide bonds. The van der Waals surface area contributed by atoms with Crippen LogP contribution in [-0.2, 0) is 6.54 Å². The van der Waals surface area contributed by atoms with Gasteiger partial charge in [0.25, 0.3) is 5.56 Å². The lowest BCUT2D eigenvalue weighted by Crippen LogP contribution is -2.23. The summed E-state index contributed by atoms with van der Waals surface area (Å²) in [4.78, 5) is 25.7. The molecule has 2 fully saturated rings. The maximum atomic E-state index is 12.8. The van der Waals surface area contributed by atoms with Crippen LogP contribution in [0.2, 0.25) is 0 Å². The fourth-order valence-corrected chi connectivity index (χ4v) is 3.72. The van der Waals surface area contributed by atoms with Crippen molar-refractivity contribution in [2.45, 2.75) is 13.0 Å². The van der Waals surface area contributed by atoms with Gasteiger partial charge in [0.05, 0.1) is 17.1 Å². The van der Waals surface area contributed by atoms with Crippen molar-refractivity contribution >= 4 is 16.6 Å². The molecule has 1 aliphatic carbocycles. The summed E-state index contributed by atoms with van der Waals surface area (Å²) in [5, 5.41) is 7.98. The zero-order valence-corrected chi connectivity index (χ0v) is 15.9. The summed E-state index contributed by atoms with van der Waals surface area (Å²) in [6.45, 7) is 2.37. The van der Waals surface area contributed by atoms with E-state index in [0.29, 0.717) is 16.8 Å². The first-order valence-electron chi connectivity index (χ1n) is 9.60. The van der Waals surface area contributed by atoms with Crippen molar-refractivity contribution in [1.82, 2.24) is 29.9 Å². The van der Waals surface area contributed by atoms with Crippen LogP contribution < -0.4 is 10.5 Å². The number of aromatic nitrogens is 6. The summed E-state index contributed by atoms with van der Waals surface area (Å²) in [5.41, 5.74) is 1.33. The van der Waals surface area contributed by atoms with Crippen molar-refractivity contribution in [1.29, 1.82) is 0 Å². The second-order valence-corrected chi connectivity index (χ2v) is 7.38. The predicted octanol–water partition coefficient (Wildman–Crippen LogP) is 1.90. The number of rotatable bonds is 3. The lowest BCUT2D eigenvalue weighted by atomic mass is 10.3. The molecule has 0 unspecified atom stereocenters.